The number of hydrogen-bond acceptors (Lipinski definition) is 10. The summed E-state index contributed by atoms with van der Waals surface area (Å²) in [6, 6.07) is 6.20. The number of benzene rings is 1. The Hall–Kier alpha value is -4.37. The van der Waals surface area contributed by atoms with E-state index in [1.807, 2.05) is 16.7 Å². The van der Waals surface area contributed by atoms with Crippen molar-refractivity contribution in [1.29, 1.82) is 0 Å². The summed E-state index contributed by atoms with van der Waals surface area (Å²) in [6.07, 6.45) is 4.48. The molecule has 7 rings (SSSR count). The summed E-state index contributed by atoms with van der Waals surface area (Å²) in [7, 11) is 2.16. The number of fused-ring (bicyclic) bond motifs is 3. The zero-order valence-corrected chi connectivity index (χ0v) is 25.0. The van der Waals surface area contributed by atoms with E-state index < -0.39 is 6.17 Å². The number of aliphatic hydroxyl groups is 1. The average molecular weight is 631 g/mol. The SMILES string of the molecule is CN1CC2(C1)CN(c1ccc3c(c1)c(=O)n([C@H]1CC[C@H](O)CC1)c1nc(NC4CC(F)C4)ncc31)C2.O=CO.O=CO.O=CO. The van der Waals surface area contributed by atoms with Gasteiger partial charge in [-0.3, -0.25) is 23.7 Å². The Morgan fingerprint density at radius 3 is 2.09 bits per heavy atom. The van der Waals surface area contributed by atoms with Crippen LogP contribution in [-0.2, 0) is 14.4 Å². The number of likely N-dealkylation sites (tertiary alicyclic amines) is 1. The van der Waals surface area contributed by atoms with E-state index in [9.17, 15) is 14.3 Å². The Morgan fingerprint density at radius 1 is 0.933 bits per heavy atom. The zero-order valence-electron chi connectivity index (χ0n) is 25.0. The molecule has 5 N–H and O–H groups in total. The quantitative estimate of drug-likeness (QED) is 0.208. The molecule has 4 fully saturated rings. The van der Waals surface area contributed by atoms with Crippen LogP contribution in [0, 0.1) is 5.41 Å². The average Bonchev–Trinajstić information content (AvgIpc) is 2.95. The molecule has 45 heavy (non-hydrogen) atoms. The fraction of sp³-hybridized carbons (Fsp3) is 0.533. The first kappa shape index (κ1) is 33.5. The second kappa shape index (κ2) is 14.6. The standard InChI is InChI=1S/C27H33FN6O2.3CH2O2/c1-32-12-27(13-32)14-33(15-27)19-4-7-21-22(10-19)25(36)34(18-2-5-20(35)6-3-18)24-23(21)11-29-26(31-24)30-17-8-16(28)9-17;3*2-1-3/h4,7,10-11,16-18,20,35H,2-3,5-6,8-9,12-15H2,1H3,(H,29,30,31);3*1H,(H,2,3)/t16?,17?,18-,20-;;;. The minimum absolute atomic E-state index is 0.0177. The van der Waals surface area contributed by atoms with Crippen molar-refractivity contribution >= 4 is 52.9 Å². The predicted octanol–water partition coefficient (Wildman–Crippen LogP) is 2.19. The lowest BCUT2D eigenvalue weighted by Gasteiger charge is -2.60. The number of carbonyl (C=O) groups is 3. The third-order valence-corrected chi connectivity index (χ3v) is 8.81. The molecule has 2 aromatic heterocycles. The van der Waals surface area contributed by atoms with Crippen LogP contribution in [-0.4, -0.2) is 111 Å². The van der Waals surface area contributed by atoms with Crippen molar-refractivity contribution in [2.75, 3.05) is 43.4 Å². The fourth-order valence-corrected chi connectivity index (χ4v) is 6.93. The monoisotopic (exact) mass is 630 g/mol. The van der Waals surface area contributed by atoms with Gasteiger partial charge in [-0.25, -0.2) is 9.37 Å². The number of rotatable bonds is 4. The second-order valence-corrected chi connectivity index (χ2v) is 12.1. The van der Waals surface area contributed by atoms with E-state index in [0.29, 0.717) is 48.1 Å². The normalized spacial score (nSPS) is 24.6. The first-order valence-electron chi connectivity index (χ1n) is 14.7. The lowest BCUT2D eigenvalue weighted by molar-refractivity contribution is -0.123. The predicted molar refractivity (Wildman–Crippen MR) is 165 cm³/mol. The highest BCUT2D eigenvalue weighted by Crippen LogP contribution is 2.42. The molecule has 15 heteroatoms. The van der Waals surface area contributed by atoms with Gasteiger partial charge in [0.1, 0.15) is 11.8 Å². The van der Waals surface area contributed by atoms with E-state index in [2.05, 4.69) is 33.2 Å². The number of aromatic nitrogens is 3. The van der Waals surface area contributed by atoms with E-state index >= 15 is 0 Å². The molecule has 3 aromatic rings. The molecule has 4 heterocycles. The third kappa shape index (κ3) is 7.31. The minimum atomic E-state index is -0.764. The molecule has 0 radical (unpaired) electrons. The highest BCUT2D eigenvalue weighted by Gasteiger charge is 2.50. The van der Waals surface area contributed by atoms with Crippen molar-refractivity contribution in [1.82, 2.24) is 19.4 Å². The molecular formula is C30H39FN6O8. The van der Waals surface area contributed by atoms with E-state index in [1.165, 1.54) is 0 Å². The van der Waals surface area contributed by atoms with Crippen LogP contribution in [0.5, 0.6) is 0 Å². The fourth-order valence-electron chi connectivity index (χ4n) is 6.93. The molecule has 2 aliphatic heterocycles. The number of hydrogen-bond donors (Lipinski definition) is 5. The van der Waals surface area contributed by atoms with Crippen molar-refractivity contribution < 1.29 is 39.2 Å². The van der Waals surface area contributed by atoms with Crippen LogP contribution < -0.4 is 15.8 Å². The van der Waals surface area contributed by atoms with Gasteiger partial charge in [0.25, 0.3) is 25.0 Å². The Labute approximate surface area is 258 Å². The van der Waals surface area contributed by atoms with Crippen molar-refractivity contribution in [2.45, 2.75) is 62.9 Å². The van der Waals surface area contributed by atoms with Crippen LogP contribution in [0.2, 0.25) is 0 Å². The lowest BCUT2D eigenvalue weighted by Crippen LogP contribution is -2.71. The first-order valence-corrected chi connectivity index (χ1v) is 14.7. The molecule has 1 spiro atoms. The molecule has 2 saturated heterocycles. The van der Waals surface area contributed by atoms with Gasteiger partial charge in [-0.1, -0.05) is 6.07 Å². The smallest absolute Gasteiger partial charge is 0.290 e. The summed E-state index contributed by atoms with van der Waals surface area (Å²) in [5.41, 5.74) is 2.10. The number of halogens is 1. The molecule has 14 nitrogen and oxygen atoms in total. The Bertz CT molecular complexity index is 1530. The van der Waals surface area contributed by atoms with Crippen LogP contribution >= 0.6 is 0 Å². The molecule has 4 aliphatic rings. The summed E-state index contributed by atoms with van der Waals surface area (Å²) >= 11 is 0. The highest BCUT2D eigenvalue weighted by molar-refractivity contribution is 6.05. The number of anilines is 2. The summed E-state index contributed by atoms with van der Waals surface area (Å²) in [4.78, 5) is 53.2. The van der Waals surface area contributed by atoms with Crippen LogP contribution in [0.3, 0.4) is 0 Å². The number of nitrogens with one attached hydrogen (secondary N) is 1. The van der Waals surface area contributed by atoms with Crippen molar-refractivity contribution in [2.24, 2.45) is 5.41 Å². The maximum Gasteiger partial charge on any atom is 0.290 e. The molecule has 1 aromatic carbocycles. The van der Waals surface area contributed by atoms with Gasteiger partial charge in [-0.2, -0.15) is 4.98 Å². The number of aliphatic hydroxyl groups excluding tert-OH is 1. The number of carboxylic acid groups (broad SMARTS) is 3. The molecule has 0 bridgehead atoms. The summed E-state index contributed by atoms with van der Waals surface area (Å²) < 4.78 is 15.2. The van der Waals surface area contributed by atoms with Crippen molar-refractivity contribution in [3.05, 3.63) is 34.7 Å². The second-order valence-electron chi connectivity index (χ2n) is 12.1. The molecule has 2 aliphatic carbocycles. The van der Waals surface area contributed by atoms with E-state index in [1.54, 1.807) is 6.20 Å². The Balaban J connectivity index is 0.000000462. The summed E-state index contributed by atoms with van der Waals surface area (Å²) in [6.45, 7) is 3.60. The van der Waals surface area contributed by atoms with Crippen LogP contribution in [0.25, 0.3) is 21.8 Å². The van der Waals surface area contributed by atoms with Crippen molar-refractivity contribution in [3.63, 3.8) is 0 Å². The highest BCUT2D eigenvalue weighted by atomic mass is 19.1. The van der Waals surface area contributed by atoms with Gasteiger partial charge >= 0.3 is 0 Å². The molecule has 0 unspecified atom stereocenters. The number of pyridine rings is 1. The van der Waals surface area contributed by atoms with E-state index in [-0.39, 0.29) is 43.2 Å². The van der Waals surface area contributed by atoms with Crippen LogP contribution in [0.15, 0.2) is 29.2 Å². The van der Waals surface area contributed by atoms with Crippen LogP contribution in [0.4, 0.5) is 16.0 Å². The lowest BCUT2D eigenvalue weighted by atomic mass is 9.73. The van der Waals surface area contributed by atoms with Crippen LogP contribution in [0.1, 0.15) is 44.6 Å². The third-order valence-electron chi connectivity index (χ3n) is 8.81. The molecule has 2 saturated carbocycles. The van der Waals surface area contributed by atoms with Gasteiger partial charge in [0.2, 0.25) is 5.95 Å². The van der Waals surface area contributed by atoms with Gasteiger partial charge in [-0.05, 0) is 63.1 Å². The van der Waals surface area contributed by atoms with Crippen molar-refractivity contribution in [3.8, 4) is 0 Å². The summed E-state index contributed by atoms with van der Waals surface area (Å²) in [5.74, 6) is 0.440. The number of nitrogens with zero attached hydrogens (tertiary/aromatic N) is 5. The molecule has 0 amide bonds. The largest absolute Gasteiger partial charge is 0.483 e. The molecular weight excluding hydrogens is 591 g/mol. The van der Waals surface area contributed by atoms with Gasteiger partial charge in [0.05, 0.1) is 11.5 Å². The Kier molecular flexibility index (Phi) is 10.9. The first-order chi connectivity index (χ1) is 21.6. The maximum atomic E-state index is 14.0. The van der Waals surface area contributed by atoms with Gasteiger partial charge in [0.15, 0.2) is 0 Å². The molecule has 0 atom stereocenters. The van der Waals surface area contributed by atoms with Gasteiger partial charge in [0, 0.05) is 60.9 Å². The minimum Gasteiger partial charge on any atom is -0.483 e. The van der Waals surface area contributed by atoms with Gasteiger partial charge < -0.3 is 35.5 Å². The van der Waals surface area contributed by atoms with E-state index in [4.69, 9.17) is 34.7 Å². The topological polar surface area (TPSA) is 198 Å². The maximum absolute atomic E-state index is 14.0. The van der Waals surface area contributed by atoms with E-state index in [0.717, 1.165) is 55.5 Å². The van der Waals surface area contributed by atoms with Gasteiger partial charge in [-0.15, -0.1) is 0 Å². The number of alkyl halides is 1. The molecule has 244 valence electrons. The Morgan fingerprint density at radius 2 is 1.53 bits per heavy atom. The zero-order chi connectivity index (χ0) is 32.7. The summed E-state index contributed by atoms with van der Waals surface area (Å²) in [5, 5.41) is 36.4.